The van der Waals surface area contributed by atoms with Gasteiger partial charge in [0.1, 0.15) is 0 Å². The van der Waals surface area contributed by atoms with Crippen molar-refractivity contribution >= 4 is 25.4 Å². The van der Waals surface area contributed by atoms with Crippen LogP contribution in [0.25, 0.3) is 0 Å². The van der Waals surface area contributed by atoms with Gasteiger partial charge in [0.05, 0.1) is 0 Å². The number of hydrogen-bond acceptors (Lipinski definition) is 1. The summed E-state index contributed by atoms with van der Waals surface area (Å²) in [4.78, 5) is 2.54. The average Bonchev–Trinajstić information content (AvgIpc) is 2.57. The van der Waals surface area contributed by atoms with Gasteiger partial charge in [0, 0.05) is 0 Å². The minimum atomic E-state index is 0. The summed E-state index contributed by atoms with van der Waals surface area (Å²) in [5.74, 6) is 0. The van der Waals surface area contributed by atoms with Crippen LogP contribution in [-0.2, 0) is 6.54 Å². The van der Waals surface area contributed by atoms with Gasteiger partial charge in [-0.2, -0.15) is 0 Å². The summed E-state index contributed by atoms with van der Waals surface area (Å²) in [6.07, 6.45) is 2.77. The predicted octanol–water partition coefficient (Wildman–Crippen LogP) is -1.92. The molecule has 0 aromatic heterocycles. The van der Waals surface area contributed by atoms with Crippen LogP contribution in [0.15, 0.2) is 24.3 Å². The molecule has 3 heteroatoms. The molecular weight excluding hydrogens is 250 g/mol. The molecule has 1 heterocycles. The summed E-state index contributed by atoms with van der Waals surface area (Å²) in [7, 11) is 0. The first kappa shape index (κ1) is 12.5. The van der Waals surface area contributed by atoms with E-state index in [1.807, 2.05) is 21.7 Å². The van der Waals surface area contributed by atoms with Gasteiger partial charge in [-0.3, -0.25) is 0 Å². The second-order valence-electron chi connectivity index (χ2n) is 3.80. The van der Waals surface area contributed by atoms with E-state index in [2.05, 4.69) is 29.2 Å². The fourth-order valence-corrected chi connectivity index (χ4v) is 2.33. The van der Waals surface area contributed by atoms with Crippen molar-refractivity contribution in [3.63, 3.8) is 0 Å². The Bertz CT molecular complexity index is 284. The summed E-state index contributed by atoms with van der Waals surface area (Å²) in [5.41, 5.74) is 1.47. The van der Waals surface area contributed by atoms with Crippen molar-refractivity contribution < 1.29 is 17.0 Å². The number of hydrogen-bond donors (Lipinski definition) is 0. The van der Waals surface area contributed by atoms with Crippen molar-refractivity contribution in [3.05, 3.63) is 29.8 Å². The van der Waals surface area contributed by atoms with E-state index in [-0.39, 0.29) is 17.0 Å². The second-order valence-corrected chi connectivity index (χ2v) is 4.62. The molecule has 0 saturated carbocycles. The fraction of sp³-hybridized carbons (Fsp3) is 0.455. The van der Waals surface area contributed by atoms with E-state index in [4.69, 9.17) is 0 Å². The van der Waals surface area contributed by atoms with Crippen molar-refractivity contribution in [3.8, 4) is 0 Å². The first-order valence-corrected chi connectivity index (χ1v) is 5.68. The predicted molar refractivity (Wildman–Crippen MR) is 56.3 cm³/mol. The maximum absolute atomic E-state index is 2.54. The molecule has 0 unspecified atom stereocenters. The standard InChI is InChI=1S/C11H14N.BrH.Mg/c1-2-6-11(7-3-1)10-12-8-4-5-9-12;;/h1-2,6-7H,4-5,8-10H2;1H;/q;;+1/p-1. The van der Waals surface area contributed by atoms with Crippen molar-refractivity contribution in [2.75, 3.05) is 13.1 Å². The van der Waals surface area contributed by atoms with Gasteiger partial charge in [0.25, 0.3) is 0 Å². The molecule has 1 nitrogen and oxygen atoms in total. The van der Waals surface area contributed by atoms with Gasteiger partial charge >= 0.3 is 92.6 Å². The van der Waals surface area contributed by atoms with Gasteiger partial charge < -0.3 is 17.0 Å². The molecule has 0 amide bonds. The molecule has 0 bridgehead atoms. The molecule has 0 N–H and O–H groups in total. The van der Waals surface area contributed by atoms with E-state index in [1.165, 1.54) is 35.2 Å². The SMILES string of the molecule is [Br-].[Mg+][c]1cccc(CN2CCCC2)c1. The molecule has 1 aliphatic heterocycles. The van der Waals surface area contributed by atoms with Crippen LogP contribution in [0.4, 0.5) is 0 Å². The van der Waals surface area contributed by atoms with Crippen LogP contribution < -0.4 is 20.7 Å². The van der Waals surface area contributed by atoms with Gasteiger partial charge in [-0.05, 0) is 0 Å². The topological polar surface area (TPSA) is 3.24 Å². The van der Waals surface area contributed by atoms with E-state index in [0.717, 1.165) is 6.54 Å². The number of likely N-dealkylation sites (tertiary alicyclic amines) is 1. The molecule has 14 heavy (non-hydrogen) atoms. The third-order valence-corrected chi connectivity index (χ3v) is 3.04. The molecule has 1 saturated heterocycles. The van der Waals surface area contributed by atoms with Crippen molar-refractivity contribution in [1.82, 2.24) is 4.90 Å². The Labute approximate surface area is 109 Å². The summed E-state index contributed by atoms with van der Waals surface area (Å²) < 4.78 is 1.40. The van der Waals surface area contributed by atoms with Crippen molar-refractivity contribution in [2.24, 2.45) is 0 Å². The van der Waals surface area contributed by atoms with Gasteiger partial charge in [-0.1, -0.05) is 0 Å². The Balaban J connectivity index is 0.000000980. The Hall–Kier alpha value is 0.426. The van der Waals surface area contributed by atoms with Crippen LogP contribution in [-0.4, -0.2) is 39.7 Å². The van der Waals surface area contributed by atoms with E-state index in [0.29, 0.717) is 0 Å². The van der Waals surface area contributed by atoms with Crippen LogP contribution in [0.1, 0.15) is 18.4 Å². The first-order valence-electron chi connectivity index (χ1n) is 4.98. The van der Waals surface area contributed by atoms with Crippen LogP contribution in [0.5, 0.6) is 0 Å². The van der Waals surface area contributed by atoms with Gasteiger partial charge in [-0.15, -0.1) is 0 Å². The summed E-state index contributed by atoms with van der Waals surface area (Å²) >= 11 is 1.96. The molecule has 2 rings (SSSR count). The van der Waals surface area contributed by atoms with Gasteiger partial charge in [0.2, 0.25) is 0 Å². The molecule has 0 atom stereocenters. The quantitative estimate of drug-likeness (QED) is 0.563. The summed E-state index contributed by atoms with van der Waals surface area (Å²) in [5, 5.41) is 0. The molecule has 1 fully saturated rings. The molecule has 0 aliphatic carbocycles. The normalized spacial score (nSPS) is 16.7. The molecule has 0 radical (unpaired) electrons. The van der Waals surface area contributed by atoms with E-state index < -0.39 is 0 Å². The minimum absolute atomic E-state index is 0. The molecule has 1 aromatic carbocycles. The number of nitrogens with zero attached hydrogens (tertiary/aromatic N) is 1. The Morgan fingerprint density at radius 1 is 1.21 bits per heavy atom. The fourth-order valence-electron chi connectivity index (χ4n) is 1.93. The zero-order valence-electron chi connectivity index (χ0n) is 8.38. The monoisotopic (exact) mass is 263 g/mol. The zero-order chi connectivity index (χ0) is 9.10. The van der Waals surface area contributed by atoms with Crippen LogP contribution in [0.3, 0.4) is 0 Å². The Kier molecular flexibility index (Phi) is 5.45. The van der Waals surface area contributed by atoms with E-state index in [1.54, 1.807) is 0 Å². The Morgan fingerprint density at radius 3 is 2.57 bits per heavy atom. The maximum atomic E-state index is 2.54. The molecular formula is C11H14BrMgN. The van der Waals surface area contributed by atoms with Crippen molar-refractivity contribution in [2.45, 2.75) is 19.4 Å². The summed E-state index contributed by atoms with van der Waals surface area (Å²) in [6.45, 7) is 3.72. The van der Waals surface area contributed by atoms with Crippen LogP contribution in [0.2, 0.25) is 0 Å². The molecule has 1 aromatic rings. The number of rotatable bonds is 2. The van der Waals surface area contributed by atoms with E-state index >= 15 is 0 Å². The molecule has 72 valence electrons. The number of halogens is 1. The summed E-state index contributed by atoms with van der Waals surface area (Å²) in [6, 6.07) is 8.87. The van der Waals surface area contributed by atoms with Crippen LogP contribution in [0, 0.1) is 0 Å². The first-order chi connectivity index (χ1) is 6.34. The third-order valence-electron chi connectivity index (χ3n) is 2.60. The van der Waals surface area contributed by atoms with Crippen molar-refractivity contribution in [1.29, 1.82) is 0 Å². The van der Waals surface area contributed by atoms with Crippen LogP contribution >= 0.6 is 0 Å². The second kappa shape index (κ2) is 6.11. The Morgan fingerprint density at radius 2 is 1.93 bits per heavy atom. The van der Waals surface area contributed by atoms with E-state index in [9.17, 15) is 0 Å². The average molecular weight is 264 g/mol. The van der Waals surface area contributed by atoms with Gasteiger partial charge in [0.15, 0.2) is 0 Å². The zero-order valence-corrected chi connectivity index (χ0v) is 11.4. The molecule has 0 spiro atoms. The molecule has 1 aliphatic rings. The number of benzene rings is 1. The van der Waals surface area contributed by atoms with Gasteiger partial charge in [-0.25, -0.2) is 0 Å². The third kappa shape index (κ3) is 3.53.